The maximum Gasteiger partial charge on any atom is 0.415 e. The minimum atomic E-state index is -0.599. The number of aromatic nitrogens is 5. The molecular weight excluding hydrogens is 450 g/mol. The third-order valence-corrected chi connectivity index (χ3v) is 4.84. The van der Waals surface area contributed by atoms with Crippen LogP contribution in [-0.4, -0.2) is 81.8 Å². The summed E-state index contributed by atoms with van der Waals surface area (Å²) in [5.41, 5.74) is 8.98. The fourth-order valence-electron chi connectivity index (χ4n) is 3.05. The van der Waals surface area contributed by atoms with Crippen LogP contribution < -0.4 is 20.6 Å². The van der Waals surface area contributed by atoms with Crippen molar-refractivity contribution in [3.63, 3.8) is 0 Å². The lowest BCUT2D eigenvalue weighted by Crippen LogP contribution is -2.42. The molecule has 1 aliphatic heterocycles. The quantitative estimate of drug-likeness (QED) is 0.368. The van der Waals surface area contributed by atoms with E-state index in [0.717, 1.165) is 0 Å². The molecule has 1 fully saturated rings. The second-order valence-electron chi connectivity index (χ2n) is 6.99. The zero-order chi connectivity index (χ0) is 24.1. The molecule has 1 aliphatic rings. The number of benzene rings is 1. The van der Waals surface area contributed by atoms with E-state index in [0.29, 0.717) is 43.3 Å². The van der Waals surface area contributed by atoms with Gasteiger partial charge in [0, 0.05) is 13.1 Å². The highest BCUT2D eigenvalue weighted by Crippen LogP contribution is 2.28. The van der Waals surface area contributed by atoms with Crippen molar-refractivity contribution in [1.29, 1.82) is 0 Å². The smallest absolute Gasteiger partial charge is 0.415 e. The summed E-state index contributed by atoms with van der Waals surface area (Å²) in [4.78, 5) is 26.3. The van der Waals surface area contributed by atoms with E-state index in [9.17, 15) is 9.59 Å². The molecule has 3 aromatic rings. The van der Waals surface area contributed by atoms with Crippen LogP contribution in [0.2, 0.25) is 0 Å². The Morgan fingerprint density at radius 1 is 1.24 bits per heavy atom. The number of nitrogen functional groups attached to an aromatic ring is 1. The molecule has 0 atom stereocenters. The summed E-state index contributed by atoms with van der Waals surface area (Å²) in [5.74, 6) is 0.113. The summed E-state index contributed by atoms with van der Waals surface area (Å²) in [6.45, 7) is 3.46. The predicted octanol–water partition coefficient (Wildman–Crippen LogP) is 0.144. The van der Waals surface area contributed by atoms with Gasteiger partial charge in [-0.25, -0.2) is 14.8 Å². The van der Waals surface area contributed by atoms with E-state index in [2.05, 4.69) is 35.8 Å². The van der Waals surface area contributed by atoms with Gasteiger partial charge >= 0.3 is 6.09 Å². The highest BCUT2D eigenvalue weighted by molar-refractivity contribution is 5.94. The van der Waals surface area contributed by atoms with Crippen LogP contribution >= 0.6 is 0 Å². The van der Waals surface area contributed by atoms with Crippen LogP contribution in [0, 0.1) is 6.92 Å². The molecule has 1 aromatic carbocycles. The van der Waals surface area contributed by atoms with E-state index < -0.39 is 12.0 Å². The summed E-state index contributed by atoms with van der Waals surface area (Å²) in [7, 11) is 1.45. The number of morpholine rings is 1. The first-order valence-corrected chi connectivity index (χ1v) is 10.0. The number of nitrogens with two attached hydrogens (primary N) is 1. The number of anilines is 1. The SMILES string of the molecule is COc1cc(C=NNC(=O)c2nnn(-c3nonc3N)c2C)ccc1OC(=O)N1CCOCC1. The van der Waals surface area contributed by atoms with Gasteiger partial charge in [-0.05, 0) is 41.0 Å². The molecule has 178 valence electrons. The van der Waals surface area contributed by atoms with Crippen molar-refractivity contribution >= 4 is 24.0 Å². The topological polar surface area (TPSA) is 185 Å². The number of hydrogen-bond acceptors (Lipinski definition) is 12. The molecule has 3 N–H and O–H groups in total. The van der Waals surface area contributed by atoms with Gasteiger partial charge in [0.1, 0.15) is 0 Å². The lowest BCUT2D eigenvalue weighted by Gasteiger charge is -2.26. The number of methoxy groups -OCH3 is 1. The Hall–Kier alpha value is -4.53. The summed E-state index contributed by atoms with van der Waals surface area (Å²) < 4.78 is 21.7. The molecule has 4 rings (SSSR count). The molecule has 0 spiro atoms. The molecule has 0 radical (unpaired) electrons. The van der Waals surface area contributed by atoms with E-state index in [4.69, 9.17) is 19.9 Å². The number of carbonyl (C=O) groups excluding carboxylic acids is 2. The number of carbonyl (C=O) groups is 2. The van der Waals surface area contributed by atoms with Crippen LogP contribution in [-0.2, 0) is 4.74 Å². The van der Waals surface area contributed by atoms with Crippen molar-refractivity contribution in [3.05, 3.63) is 35.2 Å². The van der Waals surface area contributed by atoms with Gasteiger partial charge in [0.05, 0.1) is 32.2 Å². The van der Waals surface area contributed by atoms with Gasteiger partial charge in [-0.15, -0.1) is 5.10 Å². The molecule has 0 unspecified atom stereocenters. The summed E-state index contributed by atoms with van der Waals surface area (Å²) in [6, 6.07) is 4.84. The third kappa shape index (κ3) is 4.78. The summed E-state index contributed by atoms with van der Waals surface area (Å²) in [6.07, 6.45) is 0.912. The van der Waals surface area contributed by atoms with Crippen molar-refractivity contribution < 1.29 is 28.4 Å². The Bertz CT molecular complexity index is 1210. The molecule has 2 aromatic heterocycles. The Kier molecular flexibility index (Phi) is 6.63. The van der Waals surface area contributed by atoms with E-state index in [1.807, 2.05) is 0 Å². The molecule has 0 saturated carbocycles. The van der Waals surface area contributed by atoms with Crippen molar-refractivity contribution in [2.75, 3.05) is 39.1 Å². The lowest BCUT2D eigenvalue weighted by molar-refractivity contribution is 0.0413. The molecule has 1 saturated heterocycles. The first-order chi connectivity index (χ1) is 16.5. The molecule has 15 nitrogen and oxygen atoms in total. The highest BCUT2D eigenvalue weighted by atomic mass is 16.6. The van der Waals surface area contributed by atoms with E-state index in [-0.39, 0.29) is 23.1 Å². The van der Waals surface area contributed by atoms with Crippen molar-refractivity contribution in [3.8, 4) is 17.3 Å². The van der Waals surface area contributed by atoms with E-state index in [1.54, 1.807) is 30.0 Å². The lowest BCUT2D eigenvalue weighted by atomic mass is 10.2. The molecular formula is C19H21N9O6. The van der Waals surface area contributed by atoms with Gasteiger partial charge in [-0.1, -0.05) is 5.21 Å². The van der Waals surface area contributed by atoms with Crippen LogP contribution in [0.5, 0.6) is 11.5 Å². The Balaban J connectivity index is 1.40. The number of hydrogen-bond donors (Lipinski definition) is 2. The third-order valence-electron chi connectivity index (χ3n) is 4.84. The maximum absolute atomic E-state index is 12.4. The first-order valence-electron chi connectivity index (χ1n) is 10.0. The van der Waals surface area contributed by atoms with Gasteiger partial charge in [-0.2, -0.15) is 9.78 Å². The second-order valence-corrected chi connectivity index (χ2v) is 6.99. The van der Waals surface area contributed by atoms with Crippen molar-refractivity contribution in [2.24, 2.45) is 5.10 Å². The van der Waals surface area contributed by atoms with Gasteiger partial charge in [-0.3, -0.25) is 4.79 Å². The minimum Gasteiger partial charge on any atom is -0.493 e. The van der Waals surface area contributed by atoms with Crippen LogP contribution in [0.4, 0.5) is 10.6 Å². The zero-order valence-corrected chi connectivity index (χ0v) is 18.3. The van der Waals surface area contributed by atoms with Crippen LogP contribution in [0.3, 0.4) is 0 Å². The fraction of sp³-hybridized carbons (Fsp3) is 0.316. The number of hydrazone groups is 1. The molecule has 0 bridgehead atoms. The second kappa shape index (κ2) is 9.95. The van der Waals surface area contributed by atoms with Gasteiger partial charge in [0.2, 0.25) is 11.6 Å². The molecule has 34 heavy (non-hydrogen) atoms. The maximum atomic E-state index is 12.4. The number of nitrogens with one attached hydrogen (secondary N) is 1. The molecule has 2 amide bonds. The van der Waals surface area contributed by atoms with Gasteiger partial charge in [0.15, 0.2) is 17.2 Å². The van der Waals surface area contributed by atoms with Gasteiger partial charge in [0.25, 0.3) is 5.91 Å². The average molecular weight is 471 g/mol. The number of amides is 2. The molecule has 3 heterocycles. The largest absolute Gasteiger partial charge is 0.493 e. The van der Waals surface area contributed by atoms with E-state index >= 15 is 0 Å². The first kappa shape index (κ1) is 22.7. The Morgan fingerprint density at radius 2 is 2.03 bits per heavy atom. The number of rotatable bonds is 6. The molecule has 0 aliphatic carbocycles. The Labute approximate surface area is 192 Å². The fourth-order valence-corrected chi connectivity index (χ4v) is 3.05. The predicted molar refractivity (Wildman–Crippen MR) is 115 cm³/mol. The monoisotopic (exact) mass is 471 g/mol. The number of ether oxygens (including phenoxy) is 3. The van der Waals surface area contributed by atoms with Crippen LogP contribution in [0.15, 0.2) is 27.9 Å². The summed E-state index contributed by atoms with van der Waals surface area (Å²) in [5, 5.41) is 18.7. The van der Waals surface area contributed by atoms with Crippen molar-refractivity contribution in [2.45, 2.75) is 6.92 Å². The standard InChI is InChI=1S/C19H21N9O6/c1-11-15(22-26-28(11)17-16(20)24-34-25-17)18(29)23-21-10-12-3-4-13(14(9-12)31-2)33-19(30)27-5-7-32-8-6-27/h3-4,9-10H,5-8H2,1-2H3,(H2,20,24)(H,23,29). The molecule has 15 heteroatoms. The van der Waals surface area contributed by atoms with Crippen LogP contribution in [0.1, 0.15) is 21.7 Å². The average Bonchev–Trinajstić information content (AvgIpc) is 3.45. The minimum absolute atomic E-state index is 0.00555. The number of nitrogens with zero attached hydrogens (tertiary/aromatic N) is 7. The van der Waals surface area contributed by atoms with E-state index in [1.165, 1.54) is 18.0 Å². The zero-order valence-electron chi connectivity index (χ0n) is 18.3. The highest BCUT2D eigenvalue weighted by Gasteiger charge is 2.21. The summed E-state index contributed by atoms with van der Waals surface area (Å²) >= 11 is 0. The van der Waals surface area contributed by atoms with Crippen molar-refractivity contribution in [1.82, 2.24) is 35.6 Å². The van der Waals surface area contributed by atoms with Crippen LogP contribution in [0.25, 0.3) is 5.82 Å². The Morgan fingerprint density at radius 3 is 2.74 bits per heavy atom. The normalized spacial score (nSPS) is 13.8. The van der Waals surface area contributed by atoms with Gasteiger partial charge < -0.3 is 24.8 Å².